The molecule has 3 nitrogen and oxygen atoms in total. The van der Waals surface area contributed by atoms with E-state index in [1.54, 1.807) is 6.07 Å². The first-order chi connectivity index (χ1) is 10.3. The summed E-state index contributed by atoms with van der Waals surface area (Å²) in [5, 5.41) is 14.4. The Morgan fingerprint density at radius 3 is 2.39 bits per heavy atom. The molecule has 1 heterocycles. The molecule has 2 fully saturated rings. The highest BCUT2D eigenvalue weighted by atomic mass is 35.5. The molecule has 0 amide bonds. The van der Waals surface area contributed by atoms with E-state index in [4.69, 9.17) is 11.6 Å². The number of phenolic OH excluding ortho intramolecular Hbond substituents is 1. The largest absolute Gasteiger partial charge is 0.506 e. The van der Waals surface area contributed by atoms with Crippen LogP contribution in [0.5, 0.6) is 5.75 Å². The van der Waals surface area contributed by atoms with Gasteiger partial charge in [-0.25, -0.2) is 0 Å². The summed E-state index contributed by atoms with van der Waals surface area (Å²) in [5.74, 6) is 0.925. The third kappa shape index (κ3) is 4.90. The molecule has 1 aliphatic carbocycles. The van der Waals surface area contributed by atoms with Gasteiger partial charge in [0.2, 0.25) is 0 Å². The maximum Gasteiger partial charge on any atom is 0.138 e. The molecule has 1 aromatic rings. The van der Waals surface area contributed by atoms with Gasteiger partial charge in [-0.15, -0.1) is 24.8 Å². The highest BCUT2D eigenvalue weighted by molar-refractivity contribution is 6.32. The van der Waals surface area contributed by atoms with Gasteiger partial charge in [0.15, 0.2) is 0 Å². The lowest BCUT2D eigenvalue weighted by Gasteiger charge is -2.41. The zero-order valence-electron chi connectivity index (χ0n) is 13.3. The summed E-state index contributed by atoms with van der Waals surface area (Å²) in [6.07, 6.45) is 6.51. The monoisotopic (exact) mass is 380 g/mol. The van der Waals surface area contributed by atoms with Crippen LogP contribution >= 0.6 is 36.4 Å². The lowest BCUT2D eigenvalue weighted by molar-refractivity contribution is 0.101. The molecular formula is C17H27Cl3N2O. The average Bonchev–Trinajstić information content (AvgIpc) is 2.54. The minimum Gasteiger partial charge on any atom is -0.506 e. The molecule has 1 saturated heterocycles. The van der Waals surface area contributed by atoms with Crippen LogP contribution in [0.3, 0.4) is 0 Å². The minimum absolute atomic E-state index is 0. The highest BCUT2D eigenvalue weighted by Crippen LogP contribution is 2.43. The first-order valence-corrected chi connectivity index (χ1v) is 8.57. The number of nitrogens with zero attached hydrogens (tertiary/aromatic N) is 1. The van der Waals surface area contributed by atoms with E-state index in [9.17, 15) is 5.11 Å². The minimum atomic E-state index is 0. The molecule has 1 atom stereocenters. The number of para-hydroxylation sites is 1. The van der Waals surface area contributed by atoms with Crippen molar-refractivity contribution >= 4 is 36.4 Å². The molecule has 2 N–H and O–H groups in total. The van der Waals surface area contributed by atoms with Gasteiger partial charge in [0.05, 0.1) is 5.02 Å². The van der Waals surface area contributed by atoms with Gasteiger partial charge in [-0.2, -0.15) is 0 Å². The predicted molar refractivity (Wildman–Crippen MR) is 101 cm³/mol. The van der Waals surface area contributed by atoms with Gasteiger partial charge in [0, 0.05) is 37.8 Å². The number of phenols is 1. The number of piperazine rings is 1. The van der Waals surface area contributed by atoms with E-state index >= 15 is 0 Å². The second-order valence-electron chi connectivity index (χ2n) is 6.31. The second-order valence-corrected chi connectivity index (χ2v) is 6.71. The average molecular weight is 382 g/mol. The van der Waals surface area contributed by atoms with Crippen LogP contribution in [-0.2, 0) is 0 Å². The molecule has 23 heavy (non-hydrogen) atoms. The number of benzene rings is 1. The molecule has 0 aromatic heterocycles. The molecule has 2 aliphatic rings. The molecule has 0 radical (unpaired) electrons. The molecule has 3 rings (SSSR count). The van der Waals surface area contributed by atoms with Crippen molar-refractivity contribution in [1.82, 2.24) is 10.2 Å². The van der Waals surface area contributed by atoms with E-state index in [0.717, 1.165) is 31.7 Å². The number of aromatic hydroxyl groups is 1. The second kappa shape index (κ2) is 9.95. The van der Waals surface area contributed by atoms with Crippen molar-refractivity contribution in [2.45, 2.75) is 38.1 Å². The van der Waals surface area contributed by atoms with E-state index in [1.807, 2.05) is 6.07 Å². The fraction of sp³-hybridized carbons (Fsp3) is 0.647. The Kier molecular flexibility index (Phi) is 9.02. The Labute approximate surface area is 156 Å². The summed E-state index contributed by atoms with van der Waals surface area (Å²) >= 11 is 6.15. The van der Waals surface area contributed by atoms with E-state index in [0.29, 0.717) is 17.0 Å². The smallest absolute Gasteiger partial charge is 0.138 e. The van der Waals surface area contributed by atoms with Crippen LogP contribution < -0.4 is 5.32 Å². The maximum absolute atomic E-state index is 10.5. The molecular weight excluding hydrogens is 355 g/mol. The Morgan fingerprint density at radius 2 is 1.74 bits per heavy atom. The Balaban J connectivity index is 0.00000132. The van der Waals surface area contributed by atoms with Crippen molar-refractivity contribution in [3.63, 3.8) is 0 Å². The van der Waals surface area contributed by atoms with Crippen molar-refractivity contribution in [1.29, 1.82) is 0 Å². The predicted octanol–water partition coefficient (Wildman–Crippen LogP) is 4.42. The molecule has 1 aromatic carbocycles. The zero-order chi connectivity index (χ0) is 14.7. The van der Waals surface area contributed by atoms with E-state index in [1.165, 1.54) is 32.1 Å². The number of nitrogens with one attached hydrogen (secondary N) is 1. The molecule has 6 heteroatoms. The zero-order valence-corrected chi connectivity index (χ0v) is 15.7. The summed E-state index contributed by atoms with van der Waals surface area (Å²) in [5.41, 5.74) is 1.02. The molecule has 0 bridgehead atoms. The topological polar surface area (TPSA) is 35.5 Å². The third-order valence-electron chi connectivity index (χ3n) is 4.98. The lowest BCUT2D eigenvalue weighted by atomic mass is 9.80. The number of rotatable bonds is 3. The number of halogens is 3. The summed E-state index contributed by atoms with van der Waals surface area (Å²) in [6, 6.07) is 6.11. The van der Waals surface area contributed by atoms with Crippen molar-refractivity contribution in [2.24, 2.45) is 5.92 Å². The number of hydrogen-bond donors (Lipinski definition) is 2. The van der Waals surface area contributed by atoms with Gasteiger partial charge in [-0.05, 0) is 24.8 Å². The van der Waals surface area contributed by atoms with Gasteiger partial charge in [-0.3, -0.25) is 4.90 Å². The quantitative estimate of drug-likeness (QED) is 0.813. The van der Waals surface area contributed by atoms with Crippen LogP contribution in [0, 0.1) is 5.92 Å². The summed E-state index contributed by atoms with van der Waals surface area (Å²) < 4.78 is 0. The summed E-state index contributed by atoms with van der Waals surface area (Å²) in [6.45, 7) is 4.16. The van der Waals surface area contributed by atoms with Gasteiger partial charge >= 0.3 is 0 Å². The fourth-order valence-electron chi connectivity index (χ4n) is 3.93. The van der Waals surface area contributed by atoms with Crippen LogP contribution in [0.4, 0.5) is 0 Å². The van der Waals surface area contributed by atoms with Gasteiger partial charge < -0.3 is 10.4 Å². The normalized spacial score (nSPS) is 21.1. The van der Waals surface area contributed by atoms with Gasteiger partial charge in [0.25, 0.3) is 0 Å². The molecule has 132 valence electrons. The SMILES string of the molecule is Cl.Cl.Oc1c(Cl)cccc1[C@@H](C1CCCCC1)N1CCNCC1. The molecule has 1 aliphatic heterocycles. The maximum atomic E-state index is 10.5. The first-order valence-electron chi connectivity index (χ1n) is 8.19. The van der Waals surface area contributed by atoms with Crippen molar-refractivity contribution in [3.8, 4) is 5.75 Å². The summed E-state index contributed by atoms with van der Waals surface area (Å²) in [7, 11) is 0. The standard InChI is InChI=1S/C17H25ClN2O.2ClH/c18-15-8-4-7-14(17(15)21)16(13-5-2-1-3-6-13)20-11-9-19-10-12-20;;/h4,7-8,13,16,19,21H,1-3,5-6,9-12H2;2*1H/t16-;;/m1../s1. The van der Waals surface area contributed by atoms with Gasteiger partial charge in [0.1, 0.15) is 5.75 Å². The van der Waals surface area contributed by atoms with Crippen LogP contribution in [-0.4, -0.2) is 36.2 Å². The van der Waals surface area contributed by atoms with Crippen molar-refractivity contribution < 1.29 is 5.11 Å². The molecule has 0 unspecified atom stereocenters. The Hall–Kier alpha value is -0.190. The Morgan fingerprint density at radius 1 is 1.09 bits per heavy atom. The Bertz CT molecular complexity index is 457. The fourth-order valence-corrected chi connectivity index (χ4v) is 4.11. The van der Waals surface area contributed by atoms with Crippen LogP contribution in [0.1, 0.15) is 43.7 Å². The van der Waals surface area contributed by atoms with E-state index in [2.05, 4.69) is 16.3 Å². The third-order valence-corrected chi connectivity index (χ3v) is 5.28. The van der Waals surface area contributed by atoms with Crippen LogP contribution in [0.25, 0.3) is 0 Å². The van der Waals surface area contributed by atoms with Crippen LogP contribution in [0.15, 0.2) is 18.2 Å². The first kappa shape index (κ1) is 20.9. The molecule has 1 saturated carbocycles. The van der Waals surface area contributed by atoms with Crippen LogP contribution in [0.2, 0.25) is 5.02 Å². The summed E-state index contributed by atoms with van der Waals surface area (Å²) in [4.78, 5) is 2.54. The number of hydrogen-bond acceptors (Lipinski definition) is 3. The van der Waals surface area contributed by atoms with Gasteiger partial charge in [-0.1, -0.05) is 43.0 Å². The van der Waals surface area contributed by atoms with E-state index in [-0.39, 0.29) is 30.6 Å². The highest BCUT2D eigenvalue weighted by Gasteiger charge is 2.32. The van der Waals surface area contributed by atoms with E-state index < -0.39 is 0 Å². The lowest BCUT2D eigenvalue weighted by Crippen LogP contribution is -2.47. The molecule has 0 spiro atoms. The van der Waals surface area contributed by atoms with Crippen molar-refractivity contribution in [3.05, 3.63) is 28.8 Å². The van der Waals surface area contributed by atoms with Crippen molar-refractivity contribution in [2.75, 3.05) is 26.2 Å².